The minimum Gasteiger partial charge on any atom is -0.444 e. The fourth-order valence-corrected chi connectivity index (χ4v) is 4.73. The van der Waals surface area contributed by atoms with Crippen molar-refractivity contribution in [3.8, 4) is 5.75 Å². The maximum Gasteiger partial charge on any atom is 0.573 e. The lowest BCUT2D eigenvalue weighted by Crippen LogP contribution is -2.49. The Hall–Kier alpha value is -2.54. The number of thioether (sulfide) groups is 1. The first-order chi connectivity index (χ1) is 14.8. The summed E-state index contributed by atoms with van der Waals surface area (Å²) in [6, 6.07) is 2.86. The summed E-state index contributed by atoms with van der Waals surface area (Å²) in [5.74, 6) is -0.513. The van der Waals surface area contributed by atoms with Crippen molar-refractivity contribution in [1.82, 2.24) is 5.32 Å². The van der Waals surface area contributed by atoms with Gasteiger partial charge in [-0.3, -0.25) is 15.4 Å². The molecular weight excluding hydrogens is 455 g/mol. The molecule has 2 aliphatic rings. The number of alkyl carbamates (subject to hydrolysis) is 1. The van der Waals surface area contributed by atoms with Crippen LogP contribution in [-0.4, -0.2) is 47.1 Å². The van der Waals surface area contributed by atoms with Crippen molar-refractivity contribution in [2.75, 3.05) is 19.0 Å². The number of halogens is 3. The van der Waals surface area contributed by atoms with Gasteiger partial charge in [-0.15, -0.1) is 13.2 Å². The monoisotopic (exact) mass is 477 g/mol. The highest BCUT2D eigenvalue weighted by molar-refractivity contribution is 8.13. The zero-order valence-corrected chi connectivity index (χ0v) is 18.3. The van der Waals surface area contributed by atoms with Crippen LogP contribution in [0.5, 0.6) is 5.75 Å². The smallest absolute Gasteiger partial charge is 0.444 e. The highest BCUT2D eigenvalue weighted by Crippen LogP contribution is 2.49. The first-order valence-corrected chi connectivity index (χ1v) is 10.6. The molecule has 0 radical (unpaired) electrons. The van der Waals surface area contributed by atoms with Crippen LogP contribution in [0, 0.1) is 16.0 Å². The molecule has 0 unspecified atom stereocenters. The lowest BCUT2D eigenvalue weighted by atomic mass is 9.76. The molecule has 3 rings (SSSR count). The van der Waals surface area contributed by atoms with Crippen molar-refractivity contribution in [3.05, 3.63) is 33.9 Å². The van der Waals surface area contributed by atoms with Crippen LogP contribution in [0.2, 0.25) is 0 Å². The third kappa shape index (κ3) is 5.63. The Morgan fingerprint density at radius 2 is 2.09 bits per heavy atom. The number of nitro benzene ring substituents is 1. The van der Waals surface area contributed by atoms with Crippen molar-refractivity contribution < 1.29 is 37.1 Å². The third-order valence-corrected chi connectivity index (χ3v) is 5.84. The summed E-state index contributed by atoms with van der Waals surface area (Å²) in [4.78, 5) is 27.4. The zero-order valence-electron chi connectivity index (χ0n) is 17.5. The molecule has 0 spiro atoms. The first kappa shape index (κ1) is 24.1. The number of nitro groups is 1. The standard InChI is InChI=1S/C19H22F3N3O6S/c1-17(2,3)31-16(26)23-15-24-18(10-29-7-6-11(18)9-32-15)13-8-12(25(27)28)4-5-14(13)30-19(20,21)22/h4-5,8,11H,6-7,9-10H2,1-3H3,(H,23,24,26)/t11-,18-/m0/s1. The van der Waals surface area contributed by atoms with Crippen LogP contribution < -0.4 is 10.1 Å². The number of benzene rings is 1. The van der Waals surface area contributed by atoms with Crippen molar-refractivity contribution in [2.24, 2.45) is 10.9 Å². The van der Waals surface area contributed by atoms with Gasteiger partial charge in [0.25, 0.3) is 5.69 Å². The fraction of sp³-hybridized carbons (Fsp3) is 0.579. The van der Waals surface area contributed by atoms with E-state index in [2.05, 4.69) is 15.0 Å². The second-order valence-electron chi connectivity index (χ2n) is 8.30. The number of hydrogen-bond acceptors (Lipinski definition) is 8. The minimum absolute atomic E-state index is 0.116. The number of amidine groups is 1. The highest BCUT2D eigenvalue weighted by atomic mass is 32.2. The van der Waals surface area contributed by atoms with Gasteiger partial charge in [0, 0.05) is 36.0 Å². The summed E-state index contributed by atoms with van der Waals surface area (Å²) in [7, 11) is 0. The van der Waals surface area contributed by atoms with E-state index in [9.17, 15) is 28.1 Å². The van der Waals surface area contributed by atoms with Crippen molar-refractivity contribution in [3.63, 3.8) is 0 Å². The number of ether oxygens (including phenoxy) is 3. The molecule has 9 nitrogen and oxygen atoms in total. The molecule has 1 amide bonds. The number of non-ortho nitro benzene ring substituents is 1. The van der Waals surface area contributed by atoms with E-state index in [-0.39, 0.29) is 23.3 Å². The predicted octanol–water partition coefficient (Wildman–Crippen LogP) is 4.35. The Labute approximate surface area is 185 Å². The zero-order chi connectivity index (χ0) is 23.7. The highest BCUT2D eigenvalue weighted by Gasteiger charge is 2.49. The normalized spacial score (nSPS) is 23.6. The van der Waals surface area contributed by atoms with Gasteiger partial charge in [0.05, 0.1) is 11.5 Å². The van der Waals surface area contributed by atoms with E-state index < -0.39 is 40.0 Å². The predicted molar refractivity (Wildman–Crippen MR) is 110 cm³/mol. The largest absolute Gasteiger partial charge is 0.573 e. The van der Waals surface area contributed by atoms with E-state index in [4.69, 9.17) is 9.47 Å². The average molecular weight is 477 g/mol. The Morgan fingerprint density at radius 3 is 2.72 bits per heavy atom. The van der Waals surface area contributed by atoms with Gasteiger partial charge in [0.1, 0.15) is 16.9 Å². The Balaban J connectivity index is 2.09. The van der Waals surface area contributed by atoms with Gasteiger partial charge in [0.15, 0.2) is 5.17 Å². The van der Waals surface area contributed by atoms with E-state index in [1.165, 1.54) is 11.8 Å². The molecule has 2 heterocycles. The number of carbonyl (C=O) groups is 1. The fourth-order valence-electron chi connectivity index (χ4n) is 3.54. The summed E-state index contributed by atoms with van der Waals surface area (Å²) in [5.41, 5.74) is -2.73. The van der Waals surface area contributed by atoms with E-state index in [1.807, 2.05) is 0 Å². The summed E-state index contributed by atoms with van der Waals surface area (Å²) >= 11 is 1.21. The molecule has 0 bridgehead atoms. The van der Waals surface area contributed by atoms with Gasteiger partial charge in [0.2, 0.25) is 0 Å². The second-order valence-corrected chi connectivity index (χ2v) is 9.31. The summed E-state index contributed by atoms with van der Waals surface area (Å²) < 4.78 is 54.2. The molecular formula is C19H22F3N3O6S. The number of amides is 1. The van der Waals surface area contributed by atoms with Crippen molar-refractivity contribution in [1.29, 1.82) is 0 Å². The molecule has 0 saturated carbocycles. The average Bonchev–Trinajstić information content (AvgIpc) is 2.65. The van der Waals surface area contributed by atoms with Crippen LogP contribution in [0.15, 0.2) is 23.2 Å². The summed E-state index contributed by atoms with van der Waals surface area (Å²) in [5, 5.41) is 14.0. The third-order valence-electron chi connectivity index (χ3n) is 4.80. The molecule has 2 aliphatic heterocycles. The van der Waals surface area contributed by atoms with E-state index in [0.29, 0.717) is 18.8 Å². The van der Waals surface area contributed by atoms with Crippen LogP contribution in [-0.2, 0) is 15.0 Å². The van der Waals surface area contributed by atoms with Gasteiger partial charge in [-0.25, -0.2) is 9.79 Å². The molecule has 0 aromatic heterocycles. The number of fused-ring (bicyclic) bond motifs is 1. The van der Waals surface area contributed by atoms with Gasteiger partial charge in [-0.2, -0.15) is 0 Å². The quantitative estimate of drug-likeness (QED) is 0.509. The van der Waals surface area contributed by atoms with E-state index in [1.54, 1.807) is 20.8 Å². The summed E-state index contributed by atoms with van der Waals surface area (Å²) in [6.07, 6.45) is -5.33. The molecule has 1 aromatic carbocycles. The number of nitrogens with zero attached hydrogens (tertiary/aromatic N) is 2. The van der Waals surface area contributed by atoms with E-state index >= 15 is 0 Å². The SMILES string of the molecule is CC(C)(C)OC(=O)NC1=N[C@@]2(c3cc([N+](=O)[O-])ccc3OC(F)(F)F)COCC[C@H]2CS1. The lowest BCUT2D eigenvalue weighted by molar-refractivity contribution is -0.385. The van der Waals surface area contributed by atoms with Crippen LogP contribution in [0.1, 0.15) is 32.8 Å². The molecule has 2 atom stereocenters. The van der Waals surface area contributed by atoms with Gasteiger partial charge >= 0.3 is 12.5 Å². The Morgan fingerprint density at radius 1 is 1.38 bits per heavy atom. The van der Waals surface area contributed by atoms with Crippen LogP contribution in [0.4, 0.5) is 23.7 Å². The van der Waals surface area contributed by atoms with Gasteiger partial charge < -0.3 is 14.2 Å². The number of rotatable bonds is 3. The second kappa shape index (κ2) is 8.77. The molecule has 176 valence electrons. The van der Waals surface area contributed by atoms with Gasteiger partial charge in [-0.05, 0) is 33.3 Å². The molecule has 0 aliphatic carbocycles. The molecule has 1 saturated heterocycles. The Kier molecular flexibility index (Phi) is 6.61. The molecule has 1 N–H and O–H groups in total. The molecule has 13 heteroatoms. The molecule has 1 fully saturated rings. The van der Waals surface area contributed by atoms with Gasteiger partial charge in [-0.1, -0.05) is 11.8 Å². The number of hydrogen-bond donors (Lipinski definition) is 1. The van der Waals surface area contributed by atoms with E-state index in [0.717, 1.165) is 18.2 Å². The first-order valence-electron chi connectivity index (χ1n) is 9.64. The topological polar surface area (TPSA) is 112 Å². The lowest BCUT2D eigenvalue weighted by Gasteiger charge is -2.44. The number of carbonyl (C=O) groups excluding carboxylic acids is 1. The maximum absolute atomic E-state index is 13.1. The van der Waals surface area contributed by atoms with Crippen molar-refractivity contribution in [2.45, 2.75) is 44.7 Å². The summed E-state index contributed by atoms with van der Waals surface area (Å²) in [6.45, 7) is 5.27. The molecule has 32 heavy (non-hydrogen) atoms. The maximum atomic E-state index is 13.1. The van der Waals surface area contributed by atoms with Crippen LogP contribution >= 0.6 is 11.8 Å². The Bertz CT molecular complexity index is 934. The number of nitrogens with one attached hydrogen (secondary N) is 1. The molecule has 1 aromatic rings. The van der Waals surface area contributed by atoms with Crippen LogP contribution in [0.3, 0.4) is 0 Å². The minimum atomic E-state index is -5.02. The number of alkyl halides is 3. The van der Waals surface area contributed by atoms with Crippen molar-refractivity contribution >= 4 is 28.7 Å². The van der Waals surface area contributed by atoms with Crippen LogP contribution in [0.25, 0.3) is 0 Å². The number of aliphatic imine (C=N–C) groups is 1.